The van der Waals surface area contributed by atoms with Gasteiger partial charge in [0.2, 0.25) is 5.91 Å². The largest absolute Gasteiger partial charge is 0.326 e. The summed E-state index contributed by atoms with van der Waals surface area (Å²) in [6, 6.07) is 9.50. The topological polar surface area (TPSA) is 83.6 Å². The van der Waals surface area contributed by atoms with E-state index in [2.05, 4.69) is 21.6 Å². The zero-order valence-corrected chi connectivity index (χ0v) is 11.9. The minimum atomic E-state index is -0.212. The van der Waals surface area contributed by atoms with E-state index < -0.39 is 0 Å². The summed E-state index contributed by atoms with van der Waals surface area (Å²) < 4.78 is 1.78. The molecule has 0 aliphatic rings. The number of carbonyl (C=O) groups is 1. The molecule has 7 heteroatoms. The molecular formula is C13H13N5OS. The molecule has 1 heterocycles. The quantitative estimate of drug-likeness (QED) is 0.872. The summed E-state index contributed by atoms with van der Waals surface area (Å²) in [6.07, 6.45) is 1.58. The first-order valence-corrected chi connectivity index (χ1v) is 6.82. The van der Waals surface area contributed by atoms with Crippen molar-refractivity contribution in [2.24, 2.45) is 0 Å². The molecule has 2 rings (SSSR count). The summed E-state index contributed by atoms with van der Waals surface area (Å²) in [7, 11) is 0. The van der Waals surface area contributed by atoms with Gasteiger partial charge in [-0.25, -0.2) is 0 Å². The molecule has 0 aliphatic carbocycles. The number of nitrogens with one attached hydrogen (secondary N) is 1. The highest BCUT2D eigenvalue weighted by Crippen LogP contribution is 2.24. The zero-order valence-electron chi connectivity index (χ0n) is 11.1. The molecule has 1 amide bonds. The van der Waals surface area contributed by atoms with Crippen LogP contribution in [0.25, 0.3) is 5.69 Å². The van der Waals surface area contributed by atoms with Gasteiger partial charge >= 0.3 is 0 Å². The Hall–Kier alpha value is -2.33. The Morgan fingerprint density at radius 3 is 3.05 bits per heavy atom. The number of rotatable bonds is 4. The first-order valence-electron chi connectivity index (χ1n) is 5.94. The number of nitrogens with zero attached hydrogens (tertiary/aromatic N) is 4. The SMILES string of the molecule is CC(=O)Nc1cccc(-n2cnnc2SC(C)C#N)c1. The van der Waals surface area contributed by atoms with E-state index in [0.717, 1.165) is 5.69 Å². The van der Waals surface area contributed by atoms with Gasteiger partial charge in [0.15, 0.2) is 5.16 Å². The van der Waals surface area contributed by atoms with Crippen LogP contribution in [0.4, 0.5) is 5.69 Å². The van der Waals surface area contributed by atoms with E-state index in [1.165, 1.54) is 18.7 Å². The van der Waals surface area contributed by atoms with Crippen LogP contribution in [-0.4, -0.2) is 25.9 Å². The molecule has 0 aliphatic heterocycles. The summed E-state index contributed by atoms with van der Waals surface area (Å²) in [5, 5.41) is 19.9. The lowest BCUT2D eigenvalue weighted by molar-refractivity contribution is -0.114. The van der Waals surface area contributed by atoms with Gasteiger partial charge in [-0.15, -0.1) is 10.2 Å². The van der Waals surface area contributed by atoms with Crippen LogP contribution < -0.4 is 5.32 Å². The molecule has 1 unspecified atom stereocenters. The fourth-order valence-electron chi connectivity index (χ4n) is 1.60. The van der Waals surface area contributed by atoms with Gasteiger partial charge < -0.3 is 5.32 Å². The van der Waals surface area contributed by atoms with Gasteiger partial charge in [-0.2, -0.15) is 5.26 Å². The van der Waals surface area contributed by atoms with Crippen LogP contribution in [-0.2, 0) is 4.79 Å². The normalized spacial score (nSPS) is 11.7. The fourth-order valence-corrected chi connectivity index (χ4v) is 2.33. The first-order chi connectivity index (χ1) is 9.60. The van der Waals surface area contributed by atoms with Crippen LogP contribution in [0.3, 0.4) is 0 Å². The number of hydrogen-bond donors (Lipinski definition) is 1. The number of anilines is 1. The van der Waals surface area contributed by atoms with Gasteiger partial charge in [-0.3, -0.25) is 9.36 Å². The summed E-state index contributed by atoms with van der Waals surface area (Å²) >= 11 is 1.33. The predicted octanol–water partition coefficient (Wildman–Crippen LogP) is 2.23. The Morgan fingerprint density at radius 2 is 2.35 bits per heavy atom. The maximum Gasteiger partial charge on any atom is 0.221 e. The Kier molecular flexibility index (Phi) is 4.38. The Labute approximate surface area is 120 Å². The monoisotopic (exact) mass is 287 g/mol. The average Bonchev–Trinajstić information content (AvgIpc) is 2.86. The summed E-state index contributed by atoms with van der Waals surface area (Å²) in [5.74, 6) is -0.126. The number of amides is 1. The molecule has 102 valence electrons. The molecule has 0 radical (unpaired) electrons. The summed E-state index contributed by atoms with van der Waals surface area (Å²) in [5.41, 5.74) is 1.53. The third-order valence-corrected chi connectivity index (χ3v) is 3.37. The maximum absolute atomic E-state index is 11.1. The van der Waals surface area contributed by atoms with Crippen molar-refractivity contribution in [1.29, 1.82) is 5.26 Å². The van der Waals surface area contributed by atoms with E-state index in [1.807, 2.05) is 18.2 Å². The molecule has 1 aromatic carbocycles. The third kappa shape index (κ3) is 3.36. The zero-order chi connectivity index (χ0) is 14.5. The van der Waals surface area contributed by atoms with E-state index in [9.17, 15) is 4.79 Å². The number of carbonyl (C=O) groups excluding carboxylic acids is 1. The van der Waals surface area contributed by atoms with Gasteiger partial charge in [-0.1, -0.05) is 17.8 Å². The Balaban J connectivity index is 2.30. The van der Waals surface area contributed by atoms with E-state index in [4.69, 9.17) is 5.26 Å². The number of thioether (sulfide) groups is 1. The van der Waals surface area contributed by atoms with Gasteiger partial charge in [0.05, 0.1) is 17.0 Å². The van der Waals surface area contributed by atoms with Crippen molar-refractivity contribution in [3.8, 4) is 11.8 Å². The Bertz CT molecular complexity index is 661. The van der Waals surface area contributed by atoms with Crippen molar-refractivity contribution in [3.63, 3.8) is 0 Å². The summed E-state index contributed by atoms with van der Waals surface area (Å²) in [4.78, 5) is 11.1. The lowest BCUT2D eigenvalue weighted by Gasteiger charge is -2.09. The molecule has 20 heavy (non-hydrogen) atoms. The van der Waals surface area contributed by atoms with Gasteiger partial charge in [0, 0.05) is 12.6 Å². The van der Waals surface area contributed by atoms with Crippen LogP contribution in [0.1, 0.15) is 13.8 Å². The summed E-state index contributed by atoms with van der Waals surface area (Å²) in [6.45, 7) is 3.26. The molecule has 0 saturated carbocycles. The Morgan fingerprint density at radius 1 is 1.55 bits per heavy atom. The van der Waals surface area contributed by atoms with Gasteiger partial charge in [0.25, 0.3) is 0 Å². The number of benzene rings is 1. The van der Waals surface area contributed by atoms with Crippen molar-refractivity contribution in [3.05, 3.63) is 30.6 Å². The number of aromatic nitrogens is 3. The van der Waals surface area contributed by atoms with Crippen LogP contribution >= 0.6 is 11.8 Å². The van der Waals surface area contributed by atoms with Crippen LogP contribution in [0, 0.1) is 11.3 Å². The van der Waals surface area contributed by atoms with E-state index in [0.29, 0.717) is 10.8 Å². The van der Waals surface area contributed by atoms with Crippen molar-refractivity contribution < 1.29 is 4.79 Å². The minimum Gasteiger partial charge on any atom is -0.326 e. The molecule has 1 aromatic heterocycles. The number of nitriles is 1. The fraction of sp³-hybridized carbons (Fsp3) is 0.231. The van der Waals surface area contributed by atoms with Gasteiger partial charge in [0.1, 0.15) is 6.33 Å². The number of hydrogen-bond acceptors (Lipinski definition) is 5. The van der Waals surface area contributed by atoms with Crippen molar-refractivity contribution in [2.45, 2.75) is 24.3 Å². The van der Waals surface area contributed by atoms with Crippen LogP contribution in [0.5, 0.6) is 0 Å². The standard InChI is InChI=1S/C13H13N5OS/c1-9(7-14)20-13-17-15-8-18(13)12-5-3-4-11(6-12)16-10(2)19/h3-6,8-9H,1-2H3,(H,16,19). The second-order valence-corrected chi connectivity index (χ2v) is 5.41. The lowest BCUT2D eigenvalue weighted by atomic mass is 10.2. The maximum atomic E-state index is 11.1. The second-order valence-electron chi connectivity index (χ2n) is 4.10. The molecule has 1 N–H and O–H groups in total. The van der Waals surface area contributed by atoms with Crippen LogP contribution in [0.2, 0.25) is 0 Å². The molecule has 0 bridgehead atoms. The highest BCUT2D eigenvalue weighted by atomic mass is 32.2. The molecular weight excluding hydrogens is 274 g/mol. The van der Waals surface area contributed by atoms with Crippen molar-refractivity contribution in [2.75, 3.05) is 5.32 Å². The minimum absolute atomic E-state index is 0.126. The third-order valence-electron chi connectivity index (χ3n) is 2.43. The van der Waals surface area contributed by atoms with Crippen LogP contribution in [0.15, 0.2) is 35.7 Å². The highest BCUT2D eigenvalue weighted by molar-refractivity contribution is 8.00. The van der Waals surface area contributed by atoms with E-state index in [-0.39, 0.29) is 11.2 Å². The smallest absolute Gasteiger partial charge is 0.221 e. The van der Waals surface area contributed by atoms with E-state index in [1.54, 1.807) is 23.9 Å². The second kappa shape index (κ2) is 6.21. The molecule has 0 spiro atoms. The van der Waals surface area contributed by atoms with Crippen molar-refractivity contribution >= 4 is 23.4 Å². The first kappa shape index (κ1) is 14.1. The molecule has 0 saturated heterocycles. The predicted molar refractivity (Wildman–Crippen MR) is 76.6 cm³/mol. The van der Waals surface area contributed by atoms with E-state index >= 15 is 0 Å². The van der Waals surface area contributed by atoms with Gasteiger partial charge in [-0.05, 0) is 25.1 Å². The highest BCUT2D eigenvalue weighted by Gasteiger charge is 2.11. The lowest BCUT2D eigenvalue weighted by Crippen LogP contribution is -2.06. The molecule has 1 atom stereocenters. The van der Waals surface area contributed by atoms with Crippen molar-refractivity contribution in [1.82, 2.24) is 14.8 Å². The average molecular weight is 287 g/mol. The molecule has 0 fully saturated rings. The molecule has 2 aromatic rings. The molecule has 6 nitrogen and oxygen atoms in total.